The number of ether oxygens (including phenoxy) is 1. The molecular formula is C22H17N3O3. The summed E-state index contributed by atoms with van der Waals surface area (Å²) in [5.41, 5.74) is 1.50. The van der Waals surface area contributed by atoms with Gasteiger partial charge < -0.3 is 9.84 Å². The van der Waals surface area contributed by atoms with E-state index in [1.807, 2.05) is 36.4 Å². The van der Waals surface area contributed by atoms with Crippen LogP contribution in [0.4, 0.5) is 0 Å². The smallest absolute Gasteiger partial charge is 0.282 e. The van der Waals surface area contributed by atoms with Crippen LogP contribution in [0.15, 0.2) is 82.7 Å². The largest absolute Gasteiger partial charge is 0.504 e. The molecule has 0 spiro atoms. The van der Waals surface area contributed by atoms with Gasteiger partial charge in [-0.05, 0) is 24.3 Å². The van der Waals surface area contributed by atoms with Gasteiger partial charge in [-0.15, -0.1) is 0 Å². The number of aromatic nitrogens is 2. The van der Waals surface area contributed by atoms with Crippen LogP contribution in [0.25, 0.3) is 22.3 Å². The van der Waals surface area contributed by atoms with E-state index in [1.54, 1.807) is 36.4 Å². The van der Waals surface area contributed by atoms with Gasteiger partial charge in [0.2, 0.25) is 0 Å². The van der Waals surface area contributed by atoms with E-state index in [2.05, 4.69) is 10.1 Å². The van der Waals surface area contributed by atoms with Gasteiger partial charge in [0.15, 0.2) is 17.3 Å². The number of para-hydroxylation sites is 2. The Labute approximate surface area is 161 Å². The van der Waals surface area contributed by atoms with Gasteiger partial charge in [-0.1, -0.05) is 48.5 Å². The standard InChI is InChI=1S/C22H17N3O3/c1-28-19-13-7-10-16(20(19)26)14-23-25-21(15-8-3-2-4-9-15)24-18-12-6-5-11-17(18)22(25)27/h2-14,26H,1H3. The molecule has 0 aliphatic heterocycles. The van der Waals surface area contributed by atoms with Crippen LogP contribution in [0, 0.1) is 0 Å². The maximum Gasteiger partial charge on any atom is 0.282 e. The van der Waals surface area contributed by atoms with E-state index < -0.39 is 0 Å². The second-order valence-electron chi connectivity index (χ2n) is 6.08. The fourth-order valence-corrected chi connectivity index (χ4v) is 2.93. The van der Waals surface area contributed by atoms with E-state index in [1.165, 1.54) is 18.0 Å². The molecule has 138 valence electrons. The molecule has 28 heavy (non-hydrogen) atoms. The Bertz CT molecular complexity index is 1230. The highest BCUT2D eigenvalue weighted by Crippen LogP contribution is 2.28. The first-order chi connectivity index (χ1) is 13.7. The van der Waals surface area contributed by atoms with E-state index in [4.69, 9.17) is 4.74 Å². The minimum Gasteiger partial charge on any atom is -0.504 e. The van der Waals surface area contributed by atoms with Gasteiger partial charge in [0.05, 0.1) is 24.2 Å². The number of phenolic OH excluding ortho intramolecular Hbond substituents is 1. The Morgan fingerprint density at radius 1 is 1.00 bits per heavy atom. The molecule has 0 atom stereocenters. The molecule has 3 aromatic carbocycles. The van der Waals surface area contributed by atoms with Crippen molar-refractivity contribution in [3.05, 3.63) is 88.7 Å². The van der Waals surface area contributed by atoms with Crippen LogP contribution < -0.4 is 10.3 Å². The molecule has 1 heterocycles. The molecule has 0 bridgehead atoms. The SMILES string of the molecule is COc1cccc(C=Nn2c(-c3ccccc3)nc3ccccc3c2=O)c1O. The normalized spacial score (nSPS) is 11.2. The monoisotopic (exact) mass is 371 g/mol. The number of hydrogen-bond donors (Lipinski definition) is 1. The van der Waals surface area contributed by atoms with Gasteiger partial charge >= 0.3 is 0 Å². The van der Waals surface area contributed by atoms with Crippen molar-refractivity contribution in [2.75, 3.05) is 7.11 Å². The number of fused-ring (bicyclic) bond motifs is 1. The summed E-state index contributed by atoms with van der Waals surface area (Å²) in [5, 5.41) is 15.1. The van der Waals surface area contributed by atoms with E-state index in [0.29, 0.717) is 28.0 Å². The second kappa shape index (κ2) is 7.36. The first-order valence-electron chi connectivity index (χ1n) is 8.66. The zero-order valence-electron chi connectivity index (χ0n) is 15.1. The summed E-state index contributed by atoms with van der Waals surface area (Å²) in [4.78, 5) is 17.7. The minimum atomic E-state index is -0.289. The highest BCUT2D eigenvalue weighted by atomic mass is 16.5. The van der Waals surface area contributed by atoms with Crippen molar-refractivity contribution in [1.82, 2.24) is 9.66 Å². The molecule has 0 radical (unpaired) electrons. The quantitative estimate of drug-likeness (QED) is 0.556. The summed E-state index contributed by atoms with van der Waals surface area (Å²) >= 11 is 0. The molecule has 0 unspecified atom stereocenters. The Balaban J connectivity index is 1.93. The Morgan fingerprint density at radius 2 is 1.75 bits per heavy atom. The summed E-state index contributed by atoms with van der Waals surface area (Å²) in [7, 11) is 1.47. The maximum absolute atomic E-state index is 13.1. The molecule has 1 aromatic heterocycles. The molecular weight excluding hydrogens is 354 g/mol. The topological polar surface area (TPSA) is 76.7 Å². The predicted octanol–water partition coefficient (Wildman–Crippen LogP) is 3.66. The summed E-state index contributed by atoms with van der Waals surface area (Å²) in [6.45, 7) is 0. The molecule has 0 saturated carbocycles. The molecule has 1 N–H and O–H groups in total. The molecule has 4 rings (SSSR count). The van der Waals surface area contributed by atoms with Crippen molar-refractivity contribution in [3.63, 3.8) is 0 Å². The number of methoxy groups -OCH3 is 1. The van der Waals surface area contributed by atoms with Gasteiger partial charge in [0, 0.05) is 11.1 Å². The number of rotatable bonds is 4. The second-order valence-corrected chi connectivity index (χ2v) is 6.08. The number of phenols is 1. The van der Waals surface area contributed by atoms with E-state index in [9.17, 15) is 9.90 Å². The van der Waals surface area contributed by atoms with Crippen molar-refractivity contribution >= 4 is 17.1 Å². The maximum atomic E-state index is 13.1. The first-order valence-corrected chi connectivity index (χ1v) is 8.66. The van der Waals surface area contributed by atoms with Crippen LogP contribution >= 0.6 is 0 Å². The predicted molar refractivity (Wildman–Crippen MR) is 109 cm³/mol. The fourth-order valence-electron chi connectivity index (χ4n) is 2.93. The summed E-state index contributed by atoms with van der Waals surface area (Å²) < 4.78 is 6.37. The number of nitrogens with zero attached hydrogens (tertiary/aromatic N) is 3. The van der Waals surface area contributed by atoms with Gasteiger partial charge in [0.25, 0.3) is 5.56 Å². The third-order valence-corrected chi connectivity index (χ3v) is 4.35. The van der Waals surface area contributed by atoms with Crippen LogP contribution in [0.3, 0.4) is 0 Å². The summed E-state index contributed by atoms with van der Waals surface area (Å²) in [6.07, 6.45) is 1.42. The average molecular weight is 371 g/mol. The van der Waals surface area contributed by atoms with E-state index >= 15 is 0 Å². The number of hydrogen-bond acceptors (Lipinski definition) is 5. The Hall–Kier alpha value is -3.93. The summed E-state index contributed by atoms with van der Waals surface area (Å²) in [5.74, 6) is 0.705. The highest BCUT2D eigenvalue weighted by molar-refractivity contribution is 5.85. The molecule has 0 aliphatic carbocycles. The lowest BCUT2D eigenvalue weighted by Crippen LogP contribution is -2.20. The van der Waals surface area contributed by atoms with E-state index in [0.717, 1.165) is 5.56 Å². The number of benzene rings is 3. The van der Waals surface area contributed by atoms with Crippen LogP contribution in [0.5, 0.6) is 11.5 Å². The third kappa shape index (κ3) is 3.12. The summed E-state index contributed by atoms with van der Waals surface area (Å²) in [6, 6.07) is 21.6. The van der Waals surface area contributed by atoms with Gasteiger partial charge in [-0.3, -0.25) is 4.79 Å². The van der Waals surface area contributed by atoms with Crippen LogP contribution in [-0.4, -0.2) is 28.1 Å². The van der Waals surface area contributed by atoms with Crippen molar-refractivity contribution in [2.45, 2.75) is 0 Å². The first kappa shape index (κ1) is 17.5. The lowest BCUT2D eigenvalue weighted by atomic mass is 10.2. The van der Waals surface area contributed by atoms with Crippen LogP contribution in [0.1, 0.15) is 5.56 Å². The Kier molecular flexibility index (Phi) is 4.60. The lowest BCUT2D eigenvalue weighted by Gasteiger charge is -2.10. The molecule has 0 aliphatic rings. The van der Waals surface area contributed by atoms with Crippen molar-refractivity contribution in [2.24, 2.45) is 5.10 Å². The molecule has 4 aromatic rings. The molecule has 0 saturated heterocycles. The highest BCUT2D eigenvalue weighted by Gasteiger charge is 2.12. The molecule has 0 amide bonds. The minimum absolute atomic E-state index is 0.0446. The zero-order valence-corrected chi connectivity index (χ0v) is 15.1. The molecule has 6 nitrogen and oxygen atoms in total. The van der Waals surface area contributed by atoms with Crippen molar-refractivity contribution in [3.8, 4) is 22.9 Å². The van der Waals surface area contributed by atoms with Gasteiger partial charge in [0.1, 0.15) is 0 Å². The molecule has 0 fully saturated rings. The Morgan fingerprint density at radius 3 is 2.54 bits per heavy atom. The van der Waals surface area contributed by atoms with Crippen molar-refractivity contribution < 1.29 is 9.84 Å². The third-order valence-electron chi connectivity index (χ3n) is 4.35. The van der Waals surface area contributed by atoms with E-state index in [-0.39, 0.29) is 11.3 Å². The zero-order chi connectivity index (χ0) is 19.5. The fraction of sp³-hybridized carbons (Fsp3) is 0.0455. The van der Waals surface area contributed by atoms with Crippen LogP contribution in [0.2, 0.25) is 0 Å². The van der Waals surface area contributed by atoms with Gasteiger partial charge in [-0.25, -0.2) is 4.98 Å². The van der Waals surface area contributed by atoms with Gasteiger partial charge in [-0.2, -0.15) is 9.78 Å². The van der Waals surface area contributed by atoms with Crippen LogP contribution in [-0.2, 0) is 0 Å². The van der Waals surface area contributed by atoms with Crippen molar-refractivity contribution in [1.29, 1.82) is 0 Å². The molecule has 6 heteroatoms. The average Bonchev–Trinajstić information content (AvgIpc) is 2.74. The lowest BCUT2D eigenvalue weighted by molar-refractivity contribution is 0.373. The number of aromatic hydroxyl groups is 1.